The van der Waals surface area contributed by atoms with Gasteiger partial charge in [-0.05, 0) is 36.4 Å². The first-order chi connectivity index (χ1) is 23.3. The predicted molar refractivity (Wildman–Crippen MR) is 170 cm³/mol. The molecule has 2 aromatic heterocycles. The van der Waals surface area contributed by atoms with Crippen molar-refractivity contribution in [2.75, 3.05) is 71.1 Å². The summed E-state index contributed by atoms with van der Waals surface area (Å²) in [4.78, 5) is 34.3. The molecule has 0 radical (unpaired) electrons. The highest BCUT2D eigenvalue weighted by molar-refractivity contribution is 5.89. The lowest BCUT2D eigenvalue weighted by molar-refractivity contribution is -0.161. The van der Waals surface area contributed by atoms with Crippen molar-refractivity contribution in [1.82, 2.24) is 29.7 Å². The van der Waals surface area contributed by atoms with Crippen LogP contribution >= 0.6 is 0 Å². The van der Waals surface area contributed by atoms with Crippen LogP contribution in [0, 0.1) is 11.3 Å². The third kappa shape index (κ3) is 5.98. The normalized spacial score (nSPS) is 19.9. The van der Waals surface area contributed by atoms with E-state index in [2.05, 4.69) is 24.8 Å². The van der Waals surface area contributed by atoms with Crippen molar-refractivity contribution in [2.24, 2.45) is 0 Å². The van der Waals surface area contributed by atoms with Crippen molar-refractivity contribution in [2.45, 2.75) is 24.5 Å². The fourth-order valence-corrected chi connectivity index (χ4v) is 6.42. The Balaban J connectivity index is 1.11. The third-order valence-corrected chi connectivity index (χ3v) is 9.19. The monoisotopic (exact) mass is 660 g/mol. The number of methoxy groups -OCH3 is 1. The second kappa shape index (κ2) is 12.9. The van der Waals surface area contributed by atoms with E-state index < -0.39 is 31.1 Å². The largest absolute Gasteiger partial charge is 0.495 e. The predicted octanol–water partition coefficient (Wildman–Crippen LogP) is 2.70. The summed E-state index contributed by atoms with van der Waals surface area (Å²) in [7, 11) is 1.65. The Bertz CT molecular complexity index is 1870. The van der Waals surface area contributed by atoms with Gasteiger partial charge in [-0.2, -0.15) is 5.26 Å². The van der Waals surface area contributed by atoms with Gasteiger partial charge in [0.1, 0.15) is 47.5 Å². The number of ether oxygens (including phenoxy) is 3. The lowest BCUT2D eigenvalue weighted by Crippen LogP contribution is -2.56. The lowest BCUT2D eigenvalue weighted by Gasteiger charge is -2.43. The van der Waals surface area contributed by atoms with Crippen LogP contribution in [0.2, 0.25) is 0 Å². The molecule has 5 heterocycles. The molecule has 4 aromatic rings. The number of nitriles is 1. The summed E-state index contributed by atoms with van der Waals surface area (Å²) in [6, 6.07) is 13.1. The summed E-state index contributed by atoms with van der Waals surface area (Å²) >= 11 is 0. The van der Waals surface area contributed by atoms with E-state index in [1.807, 2.05) is 24.3 Å². The van der Waals surface area contributed by atoms with E-state index in [4.69, 9.17) is 24.3 Å². The molecule has 3 aliphatic heterocycles. The molecule has 2 N–H and O–H groups in total. The fourth-order valence-electron chi connectivity index (χ4n) is 6.42. The highest BCUT2D eigenvalue weighted by Gasteiger charge is 2.47. The summed E-state index contributed by atoms with van der Waals surface area (Å²) in [5, 5.41) is 18.9. The number of piperazine rings is 1. The second-order valence-electron chi connectivity index (χ2n) is 12.1. The van der Waals surface area contributed by atoms with Gasteiger partial charge in [-0.15, -0.1) is 0 Å². The van der Waals surface area contributed by atoms with Gasteiger partial charge in [0, 0.05) is 50.3 Å². The van der Waals surface area contributed by atoms with Crippen LogP contribution in [-0.2, 0) is 9.53 Å². The van der Waals surface area contributed by atoms with Crippen molar-refractivity contribution in [3.05, 3.63) is 48.3 Å². The standard InChI is InChI=1S/C33H34F2N8O5/c1-46-26-13-21(2-4-24(26)42-10-8-41(9-11-42)23-16-47-17-23)31-39-30-29(37-19-38-32(30)40-31)20-3-5-25(22(12-20)14-36)48-27-6-7-43(28(45)15-44)18-33(27,34)35/h2-5,12-13,19,23,27,44H,6-11,15-18H2,1H3,(H,37,38,39,40)/t27-/m0/s1. The number of H-pyrrole nitrogens is 1. The molecular formula is C33H34F2N8O5. The number of piperidine rings is 1. The van der Waals surface area contributed by atoms with Crippen LogP contribution in [0.3, 0.4) is 0 Å². The van der Waals surface area contributed by atoms with Crippen molar-refractivity contribution in [3.63, 3.8) is 0 Å². The maximum absolute atomic E-state index is 14.9. The number of likely N-dealkylation sites (tertiary alicyclic amines) is 1. The molecule has 2 aromatic carbocycles. The summed E-state index contributed by atoms with van der Waals surface area (Å²) in [6.07, 6.45) is -0.322. The molecule has 250 valence electrons. The Hall–Kier alpha value is -4.91. The minimum atomic E-state index is -3.38. The maximum Gasteiger partial charge on any atom is 0.301 e. The van der Waals surface area contributed by atoms with Gasteiger partial charge in [0.15, 0.2) is 11.8 Å². The first-order valence-corrected chi connectivity index (χ1v) is 15.7. The van der Waals surface area contributed by atoms with Crippen LogP contribution in [0.4, 0.5) is 14.5 Å². The number of carbonyl (C=O) groups is 1. The minimum Gasteiger partial charge on any atom is -0.495 e. The molecule has 0 spiro atoms. The maximum atomic E-state index is 14.9. The van der Waals surface area contributed by atoms with Crippen LogP contribution in [0.15, 0.2) is 42.7 Å². The number of hydrogen-bond donors (Lipinski definition) is 2. The van der Waals surface area contributed by atoms with Crippen LogP contribution in [-0.4, -0.2) is 125 Å². The summed E-state index contributed by atoms with van der Waals surface area (Å²) in [5.41, 5.74) is 3.77. The number of imidazole rings is 1. The van der Waals surface area contributed by atoms with Crippen molar-refractivity contribution < 1.29 is 32.9 Å². The van der Waals surface area contributed by atoms with Crippen molar-refractivity contribution >= 4 is 22.8 Å². The van der Waals surface area contributed by atoms with Crippen LogP contribution in [0.25, 0.3) is 33.8 Å². The topological polar surface area (TPSA) is 153 Å². The molecule has 1 atom stereocenters. The number of hydrogen-bond acceptors (Lipinski definition) is 11. The number of aliphatic hydroxyl groups is 1. The molecule has 0 saturated carbocycles. The summed E-state index contributed by atoms with van der Waals surface area (Å²) in [6.45, 7) is 3.59. The Morgan fingerprint density at radius 3 is 2.58 bits per heavy atom. The Labute approximate surface area is 274 Å². The number of halogens is 2. The summed E-state index contributed by atoms with van der Waals surface area (Å²) in [5.74, 6) is -2.87. The highest BCUT2D eigenvalue weighted by atomic mass is 19.3. The van der Waals surface area contributed by atoms with E-state index in [-0.39, 0.29) is 24.3 Å². The zero-order chi connectivity index (χ0) is 33.4. The molecule has 7 rings (SSSR count). The first kappa shape index (κ1) is 31.7. The number of rotatable bonds is 8. The summed E-state index contributed by atoms with van der Waals surface area (Å²) < 4.78 is 46.6. The van der Waals surface area contributed by atoms with E-state index in [1.54, 1.807) is 13.2 Å². The number of nitrogens with zero attached hydrogens (tertiary/aromatic N) is 7. The van der Waals surface area contributed by atoms with Gasteiger partial charge < -0.3 is 34.1 Å². The molecule has 1 amide bonds. The quantitative estimate of drug-likeness (QED) is 0.287. The molecule has 15 heteroatoms. The number of amides is 1. The van der Waals surface area contributed by atoms with Gasteiger partial charge in [0.05, 0.1) is 44.2 Å². The van der Waals surface area contributed by atoms with E-state index >= 15 is 0 Å². The van der Waals surface area contributed by atoms with E-state index in [0.717, 1.165) is 61.3 Å². The molecule has 0 bridgehead atoms. The average molecular weight is 661 g/mol. The Kier molecular flexibility index (Phi) is 8.54. The van der Waals surface area contributed by atoms with E-state index in [1.165, 1.54) is 18.5 Å². The molecule has 3 fully saturated rings. The van der Waals surface area contributed by atoms with Gasteiger partial charge in [-0.25, -0.2) is 23.7 Å². The third-order valence-electron chi connectivity index (χ3n) is 9.19. The van der Waals surface area contributed by atoms with Gasteiger partial charge in [0.2, 0.25) is 5.91 Å². The molecular weight excluding hydrogens is 626 g/mol. The van der Waals surface area contributed by atoms with Crippen LogP contribution in [0.5, 0.6) is 11.5 Å². The van der Waals surface area contributed by atoms with Crippen molar-refractivity contribution in [3.8, 4) is 40.2 Å². The van der Waals surface area contributed by atoms with E-state index in [9.17, 15) is 18.8 Å². The number of aromatic nitrogens is 4. The molecule has 0 aliphatic carbocycles. The number of benzene rings is 2. The molecule has 3 saturated heterocycles. The lowest BCUT2D eigenvalue weighted by atomic mass is 10.0. The van der Waals surface area contributed by atoms with E-state index in [0.29, 0.717) is 34.3 Å². The molecule has 13 nitrogen and oxygen atoms in total. The van der Waals surface area contributed by atoms with Gasteiger partial charge in [0.25, 0.3) is 0 Å². The van der Waals surface area contributed by atoms with Gasteiger partial charge in [-0.1, -0.05) is 0 Å². The fraction of sp³-hybridized carbons (Fsp3) is 0.424. The SMILES string of the molecule is COc1cc(-c2nc3c(-c4ccc(O[C@H]5CCN(C(=O)CO)CC5(F)F)c(C#N)c4)ncnc3[nH]2)ccc1N1CCN(C2COC2)CC1. The highest BCUT2D eigenvalue weighted by Crippen LogP contribution is 2.37. The smallest absolute Gasteiger partial charge is 0.301 e. The van der Waals surface area contributed by atoms with Crippen LogP contribution < -0.4 is 14.4 Å². The molecule has 3 aliphatic rings. The molecule has 48 heavy (non-hydrogen) atoms. The zero-order valence-corrected chi connectivity index (χ0v) is 26.2. The second-order valence-corrected chi connectivity index (χ2v) is 12.1. The number of alkyl halides is 2. The number of fused-ring (bicyclic) bond motifs is 1. The molecule has 0 unspecified atom stereocenters. The first-order valence-electron chi connectivity index (χ1n) is 15.7. The zero-order valence-electron chi connectivity index (χ0n) is 26.2. The minimum absolute atomic E-state index is 0.00218. The number of aliphatic hydroxyl groups excluding tert-OH is 1. The number of carbonyl (C=O) groups excluding carboxylic acids is 1. The van der Waals surface area contributed by atoms with Crippen LogP contribution in [0.1, 0.15) is 12.0 Å². The number of nitrogens with one attached hydrogen (secondary N) is 1. The van der Waals surface area contributed by atoms with Gasteiger partial charge >= 0.3 is 5.92 Å². The average Bonchev–Trinajstić information content (AvgIpc) is 3.53. The Morgan fingerprint density at radius 2 is 1.90 bits per heavy atom. The number of anilines is 1. The van der Waals surface area contributed by atoms with Crippen molar-refractivity contribution in [1.29, 1.82) is 5.26 Å². The number of aromatic amines is 1. The van der Waals surface area contributed by atoms with Gasteiger partial charge in [-0.3, -0.25) is 9.69 Å². The Morgan fingerprint density at radius 1 is 1.10 bits per heavy atom.